The minimum atomic E-state index is -0.929. The van der Waals surface area contributed by atoms with Crippen LogP contribution in [0.2, 0.25) is 5.02 Å². The lowest BCUT2D eigenvalue weighted by Gasteiger charge is -2.16. The molecule has 1 unspecified atom stereocenters. The van der Waals surface area contributed by atoms with E-state index in [-0.39, 0.29) is 0 Å². The number of imidazole rings is 1. The molecule has 2 N–H and O–H groups in total. The van der Waals surface area contributed by atoms with E-state index in [0.717, 1.165) is 16.9 Å². The van der Waals surface area contributed by atoms with Crippen molar-refractivity contribution in [2.75, 3.05) is 5.32 Å². The van der Waals surface area contributed by atoms with Crippen molar-refractivity contribution in [3.63, 3.8) is 0 Å². The molecule has 0 aliphatic heterocycles. The first-order valence-electron chi connectivity index (χ1n) is 10.3. The summed E-state index contributed by atoms with van der Waals surface area (Å²) in [4.78, 5) is 33.1. The van der Waals surface area contributed by atoms with E-state index in [1.54, 1.807) is 49.4 Å². The molecule has 0 aliphatic rings. The highest BCUT2D eigenvalue weighted by atomic mass is 35.5. The quantitative estimate of drug-likeness (QED) is 0.368. The molecule has 0 saturated heterocycles. The zero-order valence-electron chi connectivity index (χ0n) is 17.7. The van der Waals surface area contributed by atoms with Crippen molar-refractivity contribution in [2.45, 2.75) is 26.4 Å². The van der Waals surface area contributed by atoms with E-state index in [4.69, 9.17) is 16.3 Å². The number of benzene rings is 3. The Labute approximate surface area is 190 Å². The number of H-pyrrole nitrogens is 1. The molecular formula is C25H22ClN3O3. The molecule has 3 aromatic carbocycles. The molecule has 1 atom stereocenters. The molecule has 0 radical (unpaired) electrons. The lowest BCUT2D eigenvalue weighted by atomic mass is 10.1. The summed E-state index contributed by atoms with van der Waals surface area (Å²) < 4.78 is 5.49. The normalized spacial score (nSPS) is 11.8. The minimum absolute atomic E-state index is 0.335. The maximum atomic E-state index is 12.7. The van der Waals surface area contributed by atoms with Crippen molar-refractivity contribution < 1.29 is 14.3 Å². The van der Waals surface area contributed by atoms with Crippen LogP contribution in [0, 0.1) is 6.92 Å². The van der Waals surface area contributed by atoms with E-state index in [1.807, 2.05) is 31.2 Å². The van der Waals surface area contributed by atoms with Gasteiger partial charge < -0.3 is 15.0 Å². The fraction of sp³-hybridized carbons (Fsp3) is 0.160. The zero-order valence-corrected chi connectivity index (χ0v) is 18.4. The Hall–Kier alpha value is -3.64. The number of rotatable bonds is 6. The zero-order chi connectivity index (χ0) is 22.7. The van der Waals surface area contributed by atoms with Crippen LogP contribution in [0.25, 0.3) is 22.4 Å². The number of aromatic amines is 1. The van der Waals surface area contributed by atoms with Crippen LogP contribution in [0.1, 0.15) is 29.3 Å². The van der Waals surface area contributed by atoms with Gasteiger partial charge in [-0.05, 0) is 49.7 Å². The molecule has 1 heterocycles. The number of amides is 1. The van der Waals surface area contributed by atoms with Gasteiger partial charge in [-0.15, -0.1) is 0 Å². The Balaban J connectivity index is 1.49. The molecule has 162 valence electrons. The fourth-order valence-electron chi connectivity index (χ4n) is 3.29. The molecule has 0 saturated carbocycles. The van der Waals surface area contributed by atoms with Crippen LogP contribution >= 0.6 is 11.6 Å². The summed E-state index contributed by atoms with van der Waals surface area (Å²) in [6, 6.07) is 19.9. The van der Waals surface area contributed by atoms with Crippen LogP contribution in [0.5, 0.6) is 0 Å². The molecular weight excluding hydrogens is 426 g/mol. The highest BCUT2D eigenvalue weighted by Gasteiger charge is 2.22. The van der Waals surface area contributed by atoms with E-state index in [2.05, 4.69) is 15.3 Å². The van der Waals surface area contributed by atoms with E-state index in [0.29, 0.717) is 28.2 Å². The number of fused-ring (bicyclic) bond motifs is 1. The number of carbonyl (C=O) groups is 2. The van der Waals surface area contributed by atoms with Gasteiger partial charge in [0.15, 0.2) is 6.10 Å². The van der Waals surface area contributed by atoms with Crippen molar-refractivity contribution in [2.24, 2.45) is 0 Å². The third-order valence-electron chi connectivity index (χ3n) is 5.05. The first-order valence-corrected chi connectivity index (χ1v) is 10.6. The topological polar surface area (TPSA) is 84.1 Å². The molecule has 7 heteroatoms. The molecule has 4 aromatic rings. The second kappa shape index (κ2) is 9.24. The van der Waals surface area contributed by atoms with E-state index in [9.17, 15) is 9.59 Å². The third-order valence-corrected chi connectivity index (χ3v) is 5.28. The van der Waals surface area contributed by atoms with Gasteiger partial charge in [0.2, 0.25) is 0 Å². The fourth-order valence-corrected chi connectivity index (χ4v) is 3.48. The predicted octanol–water partition coefficient (Wildman–Crippen LogP) is 5.77. The minimum Gasteiger partial charge on any atom is -0.449 e. The summed E-state index contributed by atoms with van der Waals surface area (Å²) in [5, 5.41) is 3.23. The lowest BCUT2D eigenvalue weighted by molar-refractivity contribution is -0.124. The molecule has 0 bridgehead atoms. The van der Waals surface area contributed by atoms with E-state index < -0.39 is 18.0 Å². The molecule has 0 fully saturated rings. The number of aryl methyl sites for hydroxylation is 1. The molecule has 0 spiro atoms. The standard InChI is InChI=1S/C25H22ClN3O3/c1-3-22(24(30)27-19-6-4-5-18(26)14-19)32-25(31)17-11-12-20-21(13-17)29-23(28-20)16-9-7-15(2)8-10-16/h4-14,22H,3H2,1-2H3,(H,27,30)(H,28,29). The molecule has 1 aromatic heterocycles. The SMILES string of the molecule is CCC(OC(=O)c1ccc2nc(-c3ccc(C)cc3)[nH]c2c1)C(=O)Nc1cccc(Cl)c1. The third kappa shape index (κ3) is 4.81. The maximum absolute atomic E-state index is 12.7. The summed E-state index contributed by atoms with van der Waals surface area (Å²) in [6.45, 7) is 3.81. The van der Waals surface area contributed by atoms with Crippen molar-refractivity contribution >= 4 is 40.2 Å². The van der Waals surface area contributed by atoms with Crippen LogP contribution in [0.15, 0.2) is 66.7 Å². The Bertz CT molecular complexity index is 1280. The highest BCUT2D eigenvalue weighted by molar-refractivity contribution is 6.30. The smallest absolute Gasteiger partial charge is 0.338 e. The van der Waals surface area contributed by atoms with Gasteiger partial charge in [0.25, 0.3) is 5.91 Å². The van der Waals surface area contributed by atoms with Crippen LogP contribution in [0.4, 0.5) is 5.69 Å². The Morgan fingerprint density at radius 3 is 2.59 bits per heavy atom. The van der Waals surface area contributed by atoms with Crippen molar-refractivity contribution in [1.29, 1.82) is 0 Å². The van der Waals surface area contributed by atoms with Crippen LogP contribution in [-0.2, 0) is 9.53 Å². The number of esters is 1. The van der Waals surface area contributed by atoms with Gasteiger partial charge in [0, 0.05) is 16.3 Å². The van der Waals surface area contributed by atoms with Gasteiger partial charge in [0.1, 0.15) is 5.82 Å². The lowest BCUT2D eigenvalue weighted by Crippen LogP contribution is -2.32. The largest absolute Gasteiger partial charge is 0.449 e. The van der Waals surface area contributed by atoms with Crippen LogP contribution < -0.4 is 5.32 Å². The van der Waals surface area contributed by atoms with E-state index >= 15 is 0 Å². The van der Waals surface area contributed by atoms with Crippen LogP contribution in [0.3, 0.4) is 0 Å². The number of aromatic nitrogens is 2. The number of hydrogen-bond donors (Lipinski definition) is 2. The summed E-state index contributed by atoms with van der Waals surface area (Å²) in [5.41, 5.74) is 4.46. The molecule has 4 rings (SSSR count). The molecule has 32 heavy (non-hydrogen) atoms. The number of anilines is 1. The summed E-state index contributed by atoms with van der Waals surface area (Å²) in [5.74, 6) is -0.267. The van der Waals surface area contributed by atoms with Gasteiger partial charge in [-0.25, -0.2) is 9.78 Å². The molecule has 6 nitrogen and oxygen atoms in total. The first kappa shape index (κ1) is 21.6. The first-order chi connectivity index (χ1) is 15.4. The Morgan fingerprint density at radius 1 is 1.09 bits per heavy atom. The van der Waals surface area contributed by atoms with Crippen molar-refractivity contribution in [1.82, 2.24) is 9.97 Å². The number of ether oxygens (including phenoxy) is 1. The van der Waals surface area contributed by atoms with Gasteiger partial charge in [-0.3, -0.25) is 4.79 Å². The highest BCUT2D eigenvalue weighted by Crippen LogP contribution is 2.22. The predicted molar refractivity (Wildman–Crippen MR) is 126 cm³/mol. The number of hydrogen-bond acceptors (Lipinski definition) is 4. The Kier molecular flexibility index (Phi) is 6.23. The number of halogens is 1. The average molecular weight is 448 g/mol. The van der Waals surface area contributed by atoms with Crippen LogP contribution in [-0.4, -0.2) is 27.9 Å². The number of carbonyl (C=O) groups excluding carboxylic acids is 2. The second-order valence-electron chi connectivity index (χ2n) is 7.49. The second-order valence-corrected chi connectivity index (χ2v) is 7.92. The van der Waals surface area contributed by atoms with Crippen molar-refractivity contribution in [3.05, 3.63) is 82.9 Å². The van der Waals surface area contributed by atoms with Gasteiger partial charge in [-0.2, -0.15) is 0 Å². The van der Waals surface area contributed by atoms with Gasteiger partial charge in [-0.1, -0.05) is 54.4 Å². The molecule has 0 aliphatic carbocycles. The average Bonchev–Trinajstić information content (AvgIpc) is 3.21. The van der Waals surface area contributed by atoms with Gasteiger partial charge >= 0.3 is 5.97 Å². The summed E-state index contributed by atoms with van der Waals surface area (Å²) >= 11 is 5.96. The Morgan fingerprint density at radius 2 is 1.88 bits per heavy atom. The molecule has 1 amide bonds. The maximum Gasteiger partial charge on any atom is 0.338 e. The monoisotopic (exact) mass is 447 g/mol. The summed E-state index contributed by atoms with van der Waals surface area (Å²) in [6.07, 6.45) is -0.593. The van der Waals surface area contributed by atoms with E-state index in [1.165, 1.54) is 5.56 Å². The van der Waals surface area contributed by atoms with Crippen molar-refractivity contribution in [3.8, 4) is 11.4 Å². The summed E-state index contributed by atoms with van der Waals surface area (Å²) in [7, 11) is 0. The number of nitrogens with zero attached hydrogens (tertiary/aromatic N) is 1. The number of nitrogens with one attached hydrogen (secondary N) is 2. The van der Waals surface area contributed by atoms with Gasteiger partial charge in [0.05, 0.1) is 16.6 Å².